The Labute approximate surface area is 112 Å². The van der Waals surface area contributed by atoms with Crippen molar-refractivity contribution < 1.29 is 19.0 Å². The molecule has 0 atom stereocenters. The first-order valence-electron chi connectivity index (χ1n) is 5.67. The van der Waals surface area contributed by atoms with Crippen molar-refractivity contribution in [1.29, 1.82) is 0 Å². The fourth-order valence-corrected chi connectivity index (χ4v) is 1.89. The van der Waals surface area contributed by atoms with Crippen LogP contribution in [0.2, 0.25) is 0 Å². The van der Waals surface area contributed by atoms with E-state index in [1.165, 1.54) is 14.2 Å². The molecule has 0 bridgehead atoms. The van der Waals surface area contributed by atoms with Gasteiger partial charge in [-0.3, -0.25) is 0 Å². The Balaban J connectivity index is 3.12. The summed E-state index contributed by atoms with van der Waals surface area (Å²) in [5, 5.41) is 0. The third-order valence-electron chi connectivity index (χ3n) is 2.51. The Morgan fingerprint density at radius 3 is 2.39 bits per heavy atom. The Morgan fingerprint density at radius 1 is 1.22 bits per heavy atom. The molecule has 0 N–H and O–H groups in total. The summed E-state index contributed by atoms with van der Waals surface area (Å²) in [6.07, 6.45) is 1.12. The molecule has 100 valence electrons. The van der Waals surface area contributed by atoms with Crippen LogP contribution in [0.5, 0.6) is 11.5 Å². The molecular weight excluding hydrogens is 256 g/mol. The zero-order chi connectivity index (χ0) is 13.5. The van der Waals surface area contributed by atoms with Crippen LogP contribution >= 0.6 is 11.6 Å². The van der Waals surface area contributed by atoms with Crippen molar-refractivity contribution in [3.63, 3.8) is 0 Å². The standard InChI is InChI=1S/C13H17ClO4/c1-4-5-9-6-11(16-2)12(7-10(9)8-14)18-13(15)17-3/h6-7H,4-5,8H2,1-3H3. The Hall–Kier alpha value is -1.42. The van der Waals surface area contributed by atoms with Gasteiger partial charge in [-0.05, 0) is 29.7 Å². The van der Waals surface area contributed by atoms with Gasteiger partial charge in [0.25, 0.3) is 0 Å². The van der Waals surface area contributed by atoms with Crippen LogP contribution in [0.4, 0.5) is 4.79 Å². The largest absolute Gasteiger partial charge is 0.513 e. The molecule has 1 rings (SSSR count). The number of carbonyl (C=O) groups excluding carboxylic acids is 1. The zero-order valence-electron chi connectivity index (χ0n) is 10.8. The summed E-state index contributed by atoms with van der Waals surface area (Å²) in [5.74, 6) is 1.18. The number of alkyl halides is 1. The predicted octanol–water partition coefficient (Wildman–Crippen LogP) is 3.53. The summed E-state index contributed by atoms with van der Waals surface area (Å²) >= 11 is 5.89. The second kappa shape index (κ2) is 7.11. The van der Waals surface area contributed by atoms with Crippen molar-refractivity contribution in [2.24, 2.45) is 0 Å². The van der Waals surface area contributed by atoms with Gasteiger partial charge in [0.05, 0.1) is 14.2 Å². The average Bonchev–Trinajstić information content (AvgIpc) is 2.39. The molecule has 0 fully saturated rings. The van der Waals surface area contributed by atoms with E-state index >= 15 is 0 Å². The van der Waals surface area contributed by atoms with E-state index in [0.29, 0.717) is 17.4 Å². The second-order valence-electron chi connectivity index (χ2n) is 3.71. The van der Waals surface area contributed by atoms with E-state index in [1.54, 1.807) is 6.07 Å². The van der Waals surface area contributed by atoms with E-state index in [2.05, 4.69) is 11.7 Å². The van der Waals surface area contributed by atoms with Crippen LogP contribution in [0.1, 0.15) is 24.5 Å². The van der Waals surface area contributed by atoms with Gasteiger partial charge in [0.15, 0.2) is 11.5 Å². The van der Waals surface area contributed by atoms with Gasteiger partial charge in [0.2, 0.25) is 0 Å². The molecule has 0 radical (unpaired) electrons. The van der Waals surface area contributed by atoms with Gasteiger partial charge >= 0.3 is 6.16 Å². The van der Waals surface area contributed by atoms with E-state index in [4.69, 9.17) is 21.1 Å². The molecule has 0 aliphatic heterocycles. The van der Waals surface area contributed by atoms with Gasteiger partial charge in [-0.15, -0.1) is 11.6 Å². The van der Waals surface area contributed by atoms with Crippen molar-refractivity contribution in [3.05, 3.63) is 23.3 Å². The van der Waals surface area contributed by atoms with Crippen LogP contribution in [0.25, 0.3) is 0 Å². The molecule has 0 unspecified atom stereocenters. The molecule has 0 spiro atoms. The van der Waals surface area contributed by atoms with Crippen molar-refractivity contribution >= 4 is 17.8 Å². The van der Waals surface area contributed by atoms with E-state index in [0.717, 1.165) is 24.0 Å². The highest BCUT2D eigenvalue weighted by molar-refractivity contribution is 6.17. The minimum Gasteiger partial charge on any atom is -0.493 e. The highest BCUT2D eigenvalue weighted by Crippen LogP contribution is 2.32. The van der Waals surface area contributed by atoms with E-state index in [1.807, 2.05) is 6.07 Å². The lowest BCUT2D eigenvalue weighted by atomic mass is 10.0. The number of rotatable bonds is 5. The van der Waals surface area contributed by atoms with Gasteiger partial charge in [0.1, 0.15) is 0 Å². The molecule has 0 heterocycles. The number of ether oxygens (including phenoxy) is 3. The predicted molar refractivity (Wildman–Crippen MR) is 69.6 cm³/mol. The number of benzene rings is 1. The van der Waals surface area contributed by atoms with Crippen LogP contribution in [-0.2, 0) is 17.0 Å². The second-order valence-corrected chi connectivity index (χ2v) is 3.98. The minimum atomic E-state index is -0.780. The SMILES string of the molecule is CCCc1cc(OC)c(OC(=O)OC)cc1CCl. The normalized spacial score (nSPS) is 10.0. The van der Waals surface area contributed by atoms with Crippen molar-refractivity contribution in [2.45, 2.75) is 25.6 Å². The number of carbonyl (C=O) groups is 1. The van der Waals surface area contributed by atoms with Gasteiger partial charge in [-0.1, -0.05) is 13.3 Å². The Kier molecular flexibility index (Phi) is 5.78. The molecule has 1 aromatic carbocycles. The Bertz CT molecular complexity index is 418. The van der Waals surface area contributed by atoms with E-state index in [-0.39, 0.29) is 0 Å². The van der Waals surface area contributed by atoms with Crippen LogP contribution in [0.15, 0.2) is 12.1 Å². The minimum absolute atomic E-state index is 0.319. The van der Waals surface area contributed by atoms with Crippen molar-refractivity contribution in [2.75, 3.05) is 14.2 Å². The maximum atomic E-state index is 11.1. The van der Waals surface area contributed by atoms with Gasteiger partial charge in [-0.2, -0.15) is 0 Å². The maximum Gasteiger partial charge on any atom is 0.513 e. The number of halogens is 1. The number of methoxy groups -OCH3 is 2. The molecule has 0 saturated carbocycles. The zero-order valence-corrected chi connectivity index (χ0v) is 11.5. The Morgan fingerprint density at radius 2 is 1.89 bits per heavy atom. The lowest BCUT2D eigenvalue weighted by molar-refractivity contribution is 0.120. The molecule has 18 heavy (non-hydrogen) atoms. The summed E-state index contributed by atoms with van der Waals surface area (Å²) in [6, 6.07) is 3.56. The summed E-state index contributed by atoms with van der Waals surface area (Å²) in [5.41, 5.74) is 2.03. The van der Waals surface area contributed by atoms with Crippen LogP contribution in [-0.4, -0.2) is 20.4 Å². The maximum absolute atomic E-state index is 11.1. The molecular formula is C13H17ClO4. The van der Waals surface area contributed by atoms with Crippen LogP contribution < -0.4 is 9.47 Å². The third-order valence-corrected chi connectivity index (χ3v) is 2.80. The molecule has 0 aliphatic rings. The topological polar surface area (TPSA) is 44.8 Å². The highest BCUT2D eigenvalue weighted by Gasteiger charge is 2.14. The summed E-state index contributed by atoms with van der Waals surface area (Å²) in [6.45, 7) is 2.09. The third kappa shape index (κ3) is 3.53. The molecule has 0 amide bonds. The first-order chi connectivity index (χ1) is 8.65. The molecule has 1 aromatic rings. The van der Waals surface area contributed by atoms with Crippen LogP contribution in [0.3, 0.4) is 0 Å². The van der Waals surface area contributed by atoms with E-state index < -0.39 is 6.16 Å². The van der Waals surface area contributed by atoms with Gasteiger partial charge in [-0.25, -0.2) is 4.79 Å². The monoisotopic (exact) mass is 272 g/mol. The van der Waals surface area contributed by atoms with E-state index in [9.17, 15) is 4.79 Å². The van der Waals surface area contributed by atoms with Crippen molar-refractivity contribution in [1.82, 2.24) is 0 Å². The quantitative estimate of drug-likeness (QED) is 0.467. The number of aryl methyl sites for hydroxylation is 1. The summed E-state index contributed by atoms with van der Waals surface area (Å²) < 4.78 is 14.7. The number of hydrogen-bond donors (Lipinski definition) is 0. The first-order valence-corrected chi connectivity index (χ1v) is 6.21. The fraction of sp³-hybridized carbons (Fsp3) is 0.462. The first kappa shape index (κ1) is 14.6. The average molecular weight is 273 g/mol. The fourth-order valence-electron chi connectivity index (χ4n) is 1.64. The summed E-state index contributed by atoms with van der Waals surface area (Å²) in [4.78, 5) is 11.1. The lowest BCUT2D eigenvalue weighted by Gasteiger charge is -2.13. The number of hydrogen-bond acceptors (Lipinski definition) is 4. The smallest absolute Gasteiger partial charge is 0.493 e. The molecule has 4 nitrogen and oxygen atoms in total. The molecule has 0 aromatic heterocycles. The molecule has 0 saturated heterocycles. The van der Waals surface area contributed by atoms with Gasteiger partial charge < -0.3 is 14.2 Å². The molecule has 5 heteroatoms. The lowest BCUT2D eigenvalue weighted by Crippen LogP contribution is -2.09. The van der Waals surface area contributed by atoms with Gasteiger partial charge in [0, 0.05) is 5.88 Å². The summed E-state index contributed by atoms with van der Waals surface area (Å²) in [7, 11) is 2.78. The highest BCUT2D eigenvalue weighted by atomic mass is 35.5. The van der Waals surface area contributed by atoms with Crippen molar-refractivity contribution in [3.8, 4) is 11.5 Å². The van der Waals surface area contributed by atoms with Crippen LogP contribution in [0, 0.1) is 0 Å². The molecule has 0 aliphatic carbocycles.